The van der Waals surface area contributed by atoms with Gasteiger partial charge in [0.1, 0.15) is 0 Å². The number of esters is 2. The van der Waals surface area contributed by atoms with Crippen molar-refractivity contribution in [3.8, 4) is 0 Å². The molecule has 0 spiro atoms. The van der Waals surface area contributed by atoms with E-state index in [9.17, 15) is 23.6 Å². The van der Waals surface area contributed by atoms with Crippen LogP contribution < -0.4 is 11.2 Å². The predicted molar refractivity (Wildman–Crippen MR) is 112 cm³/mol. The molecule has 1 saturated heterocycles. The molecule has 4 atom stereocenters. The zero-order valence-corrected chi connectivity index (χ0v) is 17.3. The van der Waals surface area contributed by atoms with E-state index in [2.05, 4.69) is 0 Å². The van der Waals surface area contributed by atoms with E-state index in [-0.39, 0.29) is 11.1 Å². The molecule has 1 aromatic heterocycles. The predicted octanol–water partition coefficient (Wildman–Crippen LogP) is 2.04. The van der Waals surface area contributed by atoms with Crippen molar-refractivity contribution >= 4 is 11.9 Å². The van der Waals surface area contributed by atoms with Gasteiger partial charge in [-0.1, -0.05) is 36.4 Å². The Hall–Kier alpha value is -4.05. The van der Waals surface area contributed by atoms with Gasteiger partial charge in [-0.25, -0.2) is 14.4 Å². The SMILES string of the molecule is C[C@H]1O[C@@H](n2cc(F)c(=O)[nH]c2=O)[C@H](OC(=O)c2ccccc2)[C@@H]1OC(=O)c1ccccc1. The molecule has 170 valence electrons. The van der Waals surface area contributed by atoms with Crippen LogP contribution in [0.3, 0.4) is 0 Å². The number of nitrogens with zero attached hydrogens (tertiary/aromatic N) is 1. The van der Waals surface area contributed by atoms with Crippen LogP contribution in [0.4, 0.5) is 4.39 Å². The van der Waals surface area contributed by atoms with Crippen LogP contribution in [0.25, 0.3) is 0 Å². The van der Waals surface area contributed by atoms with Gasteiger partial charge in [-0.05, 0) is 31.2 Å². The molecule has 0 radical (unpaired) electrons. The molecule has 0 unspecified atom stereocenters. The number of nitrogens with one attached hydrogen (secondary N) is 1. The first-order valence-electron chi connectivity index (χ1n) is 10.0. The maximum atomic E-state index is 13.9. The first-order chi connectivity index (χ1) is 15.8. The van der Waals surface area contributed by atoms with E-state index in [0.717, 1.165) is 4.57 Å². The van der Waals surface area contributed by atoms with Gasteiger partial charge in [-0.2, -0.15) is 4.39 Å². The fourth-order valence-electron chi connectivity index (χ4n) is 3.50. The largest absolute Gasteiger partial charge is 0.452 e. The van der Waals surface area contributed by atoms with Gasteiger partial charge in [0.15, 0.2) is 18.4 Å². The number of carbonyl (C=O) groups excluding carboxylic acids is 2. The van der Waals surface area contributed by atoms with Gasteiger partial charge in [0.25, 0.3) is 5.56 Å². The van der Waals surface area contributed by atoms with Crippen molar-refractivity contribution in [2.45, 2.75) is 31.5 Å². The Morgan fingerprint density at radius 1 is 0.909 bits per heavy atom. The third-order valence-electron chi connectivity index (χ3n) is 5.13. The van der Waals surface area contributed by atoms with Gasteiger partial charge >= 0.3 is 17.6 Å². The molecule has 0 aliphatic carbocycles. The van der Waals surface area contributed by atoms with Gasteiger partial charge in [-0.15, -0.1) is 0 Å². The Labute approximate surface area is 186 Å². The summed E-state index contributed by atoms with van der Waals surface area (Å²) in [6.07, 6.45) is -3.98. The van der Waals surface area contributed by atoms with E-state index in [1.807, 2.05) is 4.98 Å². The third kappa shape index (κ3) is 4.60. The normalized spacial score (nSPS) is 22.0. The van der Waals surface area contributed by atoms with Crippen molar-refractivity contribution in [3.63, 3.8) is 0 Å². The van der Waals surface area contributed by atoms with Crippen LogP contribution in [0.1, 0.15) is 33.9 Å². The number of hydrogen-bond acceptors (Lipinski definition) is 7. The molecule has 3 aromatic rings. The highest BCUT2D eigenvalue weighted by atomic mass is 19.1. The summed E-state index contributed by atoms with van der Waals surface area (Å²) in [5.74, 6) is -2.69. The lowest BCUT2D eigenvalue weighted by atomic mass is 10.1. The topological polar surface area (TPSA) is 117 Å². The number of halogens is 1. The first kappa shape index (κ1) is 22.2. The number of aromatic amines is 1. The molecule has 1 aliphatic heterocycles. The van der Waals surface area contributed by atoms with E-state index in [1.54, 1.807) is 55.5 Å². The maximum absolute atomic E-state index is 13.9. The summed E-state index contributed by atoms with van der Waals surface area (Å²) in [4.78, 5) is 51.0. The summed E-state index contributed by atoms with van der Waals surface area (Å²) in [6, 6.07) is 16.2. The third-order valence-corrected chi connectivity index (χ3v) is 5.13. The Bertz CT molecular complexity index is 1270. The molecule has 2 heterocycles. The van der Waals surface area contributed by atoms with Crippen LogP contribution in [0.5, 0.6) is 0 Å². The summed E-state index contributed by atoms with van der Waals surface area (Å²) in [7, 11) is 0. The number of rotatable bonds is 5. The van der Waals surface area contributed by atoms with Crippen molar-refractivity contribution in [1.82, 2.24) is 9.55 Å². The van der Waals surface area contributed by atoms with Crippen LogP contribution in [0.2, 0.25) is 0 Å². The van der Waals surface area contributed by atoms with Crippen LogP contribution in [0, 0.1) is 5.82 Å². The number of hydrogen-bond donors (Lipinski definition) is 1. The fraction of sp³-hybridized carbons (Fsp3) is 0.217. The van der Waals surface area contributed by atoms with Crippen LogP contribution in [0.15, 0.2) is 76.4 Å². The molecular weight excluding hydrogens is 435 g/mol. The standard InChI is InChI=1S/C23H19FN2O7/c1-13-17(32-21(28)14-8-4-2-5-9-14)18(33-22(29)15-10-6-3-7-11-15)20(31-13)26-12-16(24)19(27)25-23(26)30/h2-13,17-18,20H,1H3,(H,25,27,30)/t13-,17-,18-,20-/m1/s1. The number of benzene rings is 2. The summed E-state index contributed by atoms with van der Waals surface area (Å²) in [5.41, 5.74) is -1.71. The van der Waals surface area contributed by atoms with Crippen molar-refractivity contribution in [1.29, 1.82) is 0 Å². The first-order valence-corrected chi connectivity index (χ1v) is 10.0. The number of aromatic nitrogens is 2. The average molecular weight is 454 g/mol. The van der Waals surface area contributed by atoms with Gasteiger partial charge < -0.3 is 14.2 Å². The molecule has 2 aromatic carbocycles. The molecule has 0 bridgehead atoms. The number of carbonyl (C=O) groups is 2. The van der Waals surface area contributed by atoms with E-state index < -0.39 is 53.5 Å². The second kappa shape index (κ2) is 9.21. The molecular formula is C23H19FN2O7. The quantitative estimate of drug-likeness (QED) is 0.587. The summed E-state index contributed by atoms with van der Waals surface area (Å²) < 4.78 is 31.6. The number of ether oxygens (including phenoxy) is 3. The van der Waals surface area contributed by atoms with Gasteiger partial charge in [0.05, 0.1) is 23.4 Å². The second-order valence-electron chi connectivity index (χ2n) is 7.35. The average Bonchev–Trinajstić information content (AvgIpc) is 3.12. The molecule has 1 fully saturated rings. The zero-order chi connectivity index (χ0) is 23.5. The van der Waals surface area contributed by atoms with Gasteiger partial charge in [0.2, 0.25) is 5.82 Å². The van der Waals surface area contributed by atoms with Crippen LogP contribution in [-0.2, 0) is 14.2 Å². The molecule has 33 heavy (non-hydrogen) atoms. The fourth-order valence-corrected chi connectivity index (χ4v) is 3.50. The summed E-state index contributed by atoms with van der Waals surface area (Å²) in [5, 5.41) is 0. The lowest BCUT2D eigenvalue weighted by molar-refractivity contribution is -0.0514. The van der Waals surface area contributed by atoms with Crippen LogP contribution >= 0.6 is 0 Å². The van der Waals surface area contributed by atoms with Gasteiger partial charge in [-0.3, -0.25) is 14.3 Å². The maximum Gasteiger partial charge on any atom is 0.338 e. The lowest BCUT2D eigenvalue weighted by Gasteiger charge is -2.24. The highest BCUT2D eigenvalue weighted by Gasteiger charge is 2.49. The highest BCUT2D eigenvalue weighted by molar-refractivity contribution is 5.90. The van der Waals surface area contributed by atoms with Crippen molar-refractivity contribution in [3.05, 3.63) is 105 Å². The summed E-state index contributed by atoms with van der Waals surface area (Å²) in [6.45, 7) is 1.55. The summed E-state index contributed by atoms with van der Waals surface area (Å²) >= 11 is 0. The van der Waals surface area contributed by atoms with E-state index >= 15 is 0 Å². The molecule has 1 N–H and O–H groups in total. The molecule has 9 nitrogen and oxygen atoms in total. The van der Waals surface area contributed by atoms with E-state index in [0.29, 0.717) is 6.20 Å². The minimum atomic E-state index is -1.36. The molecule has 10 heteroatoms. The Balaban J connectivity index is 1.69. The molecule has 0 saturated carbocycles. The minimum Gasteiger partial charge on any atom is -0.452 e. The minimum absolute atomic E-state index is 0.212. The van der Waals surface area contributed by atoms with Crippen molar-refractivity contribution in [2.24, 2.45) is 0 Å². The molecule has 4 rings (SSSR count). The van der Waals surface area contributed by atoms with E-state index in [4.69, 9.17) is 14.2 Å². The van der Waals surface area contributed by atoms with E-state index in [1.165, 1.54) is 12.1 Å². The number of H-pyrrole nitrogens is 1. The molecule has 0 amide bonds. The lowest BCUT2D eigenvalue weighted by Crippen LogP contribution is -2.42. The van der Waals surface area contributed by atoms with Crippen LogP contribution in [-0.4, -0.2) is 39.8 Å². The second-order valence-corrected chi connectivity index (χ2v) is 7.35. The molecule has 1 aliphatic rings. The zero-order valence-electron chi connectivity index (χ0n) is 17.3. The van der Waals surface area contributed by atoms with Crippen molar-refractivity contribution < 1.29 is 28.2 Å². The van der Waals surface area contributed by atoms with Gasteiger partial charge in [0, 0.05) is 0 Å². The smallest absolute Gasteiger partial charge is 0.338 e. The monoisotopic (exact) mass is 454 g/mol. The Kier molecular flexibility index (Phi) is 6.18. The Morgan fingerprint density at radius 3 is 1.97 bits per heavy atom. The Morgan fingerprint density at radius 2 is 1.42 bits per heavy atom. The van der Waals surface area contributed by atoms with Crippen molar-refractivity contribution in [2.75, 3.05) is 0 Å². The highest BCUT2D eigenvalue weighted by Crippen LogP contribution is 2.34.